The van der Waals surface area contributed by atoms with Crippen molar-refractivity contribution >= 4 is 28.5 Å². The molecule has 78 valence electrons. The van der Waals surface area contributed by atoms with Gasteiger partial charge in [-0.05, 0) is 19.1 Å². The summed E-state index contributed by atoms with van der Waals surface area (Å²) in [6, 6.07) is 3.14. The van der Waals surface area contributed by atoms with E-state index in [1.54, 1.807) is 17.8 Å². The van der Waals surface area contributed by atoms with E-state index in [4.69, 9.17) is 16.7 Å². The first-order valence-electron chi connectivity index (χ1n) is 4.37. The van der Waals surface area contributed by atoms with Crippen LogP contribution in [0.1, 0.15) is 16.1 Å². The number of rotatable bonds is 1. The number of benzene rings is 1. The summed E-state index contributed by atoms with van der Waals surface area (Å²) in [5.41, 5.74) is 1.52. The monoisotopic (exact) mass is 224 g/mol. The second-order valence-corrected chi connectivity index (χ2v) is 3.80. The van der Waals surface area contributed by atoms with Crippen LogP contribution >= 0.6 is 11.6 Å². The molecule has 1 N–H and O–H groups in total. The molecule has 1 heterocycles. The lowest BCUT2D eigenvalue weighted by molar-refractivity contribution is 0.0699. The van der Waals surface area contributed by atoms with Gasteiger partial charge in [0.15, 0.2) is 0 Å². The third-order valence-corrected chi connectivity index (χ3v) is 2.65. The van der Waals surface area contributed by atoms with Crippen LogP contribution in [-0.4, -0.2) is 20.9 Å². The van der Waals surface area contributed by atoms with E-state index in [2.05, 4.69) is 5.10 Å². The fraction of sp³-hybridized carbons (Fsp3) is 0.200. The van der Waals surface area contributed by atoms with Gasteiger partial charge in [0.05, 0.1) is 5.56 Å². The van der Waals surface area contributed by atoms with Gasteiger partial charge in [0.1, 0.15) is 5.52 Å². The largest absolute Gasteiger partial charge is 0.478 e. The number of hydrogen-bond donors (Lipinski definition) is 1. The Bertz CT molecular complexity index is 560. The number of aryl methyl sites for hydroxylation is 2. The third kappa shape index (κ3) is 1.47. The number of carboxylic acids is 1. The first kappa shape index (κ1) is 9.98. The van der Waals surface area contributed by atoms with E-state index in [0.29, 0.717) is 10.5 Å². The van der Waals surface area contributed by atoms with E-state index in [0.717, 1.165) is 11.1 Å². The number of hydrogen-bond acceptors (Lipinski definition) is 2. The number of carboxylic acid groups (broad SMARTS) is 1. The maximum absolute atomic E-state index is 11.0. The minimum atomic E-state index is -1.01. The number of carbonyl (C=O) groups is 1. The molecule has 1 aromatic heterocycles. The summed E-state index contributed by atoms with van der Waals surface area (Å²) in [5, 5.41) is 14.3. The molecule has 0 amide bonds. The van der Waals surface area contributed by atoms with Crippen molar-refractivity contribution in [1.29, 1.82) is 0 Å². The van der Waals surface area contributed by atoms with Gasteiger partial charge >= 0.3 is 5.97 Å². The Kier molecular flexibility index (Phi) is 2.16. The number of halogens is 1. The highest BCUT2D eigenvalue weighted by Gasteiger charge is 2.15. The molecule has 0 aliphatic heterocycles. The molecular weight excluding hydrogens is 216 g/mol. The zero-order valence-corrected chi connectivity index (χ0v) is 9.04. The highest BCUT2D eigenvalue weighted by Crippen LogP contribution is 2.25. The standard InChI is InChI=1S/C10H9ClN2O2/c1-5-7-3-6(11)4-8(10(14)15)9(7)12-13(5)2/h3-4H,1-2H3,(H,14,15). The smallest absolute Gasteiger partial charge is 0.338 e. The fourth-order valence-corrected chi connectivity index (χ4v) is 1.76. The number of nitrogens with zero attached hydrogens (tertiary/aromatic N) is 2. The lowest BCUT2D eigenvalue weighted by atomic mass is 10.1. The molecule has 0 atom stereocenters. The summed E-state index contributed by atoms with van der Waals surface area (Å²) in [6.45, 7) is 1.87. The van der Waals surface area contributed by atoms with E-state index >= 15 is 0 Å². The maximum atomic E-state index is 11.0. The molecule has 0 fully saturated rings. The van der Waals surface area contributed by atoms with Gasteiger partial charge in [-0.25, -0.2) is 4.79 Å². The van der Waals surface area contributed by atoms with Gasteiger partial charge in [-0.3, -0.25) is 4.68 Å². The summed E-state index contributed by atoms with van der Waals surface area (Å²) in [4.78, 5) is 11.0. The number of aromatic nitrogens is 2. The van der Waals surface area contributed by atoms with Crippen LogP contribution in [0.25, 0.3) is 10.9 Å². The lowest BCUT2D eigenvalue weighted by Gasteiger charge is -1.97. The average Bonchev–Trinajstić information content (AvgIpc) is 2.43. The Balaban J connectivity index is 2.92. The van der Waals surface area contributed by atoms with Crippen LogP contribution in [0.15, 0.2) is 12.1 Å². The van der Waals surface area contributed by atoms with Crippen molar-refractivity contribution in [2.24, 2.45) is 7.05 Å². The second kappa shape index (κ2) is 3.24. The summed E-state index contributed by atoms with van der Waals surface area (Å²) in [7, 11) is 1.77. The molecule has 0 spiro atoms. The molecule has 2 aromatic rings. The fourth-order valence-electron chi connectivity index (χ4n) is 1.55. The van der Waals surface area contributed by atoms with Crippen molar-refractivity contribution in [3.63, 3.8) is 0 Å². The normalized spacial score (nSPS) is 10.9. The number of fused-ring (bicyclic) bond motifs is 1. The van der Waals surface area contributed by atoms with Crippen LogP contribution in [0.3, 0.4) is 0 Å². The molecule has 0 bridgehead atoms. The molecule has 4 nitrogen and oxygen atoms in total. The summed E-state index contributed by atoms with van der Waals surface area (Å²) in [6.07, 6.45) is 0. The van der Waals surface area contributed by atoms with Crippen LogP contribution in [-0.2, 0) is 7.05 Å². The maximum Gasteiger partial charge on any atom is 0.338 e. The highest BCUT2D eigenvalue weighted by molar-refractivity contribution is 6.32. The van der Waals surface area contributed by atoms with Gasteiger partial charge in [-0.1, -0.05) is 11.6 Å². The van der Waals surface area contributed by atoms with Crippen molar-refractivity contribution < 1.29 is 9.90 Å². The molecule has 0 saturated heterocycles. The molecule has 5 heteroatoms. The summed E-state index contributed by atoms with van der Waals surface area (Å²) >= 11 is 5.85. The first-order chi connectivity index (χ1) is 7.00. The molecule has 0 aliphatic rings. The SMILES string of the molecule is Cc1c2cc(Cl)cc(C(=O)O)c2nn1C. The predicted octanol–water partition coefficient (Wildman–Crippen LogP) is 2.23. The Morgan fingerprint density at radius 1 is 1.53 bits per heavy atom. The Morgan fingerprint density at radius 2 is 2.20 bits per heavy atom. The molecule has 0 radical (unpaired) electrons. The van der Waals surface area contributed by atoms with E-state index in [1.807, 2.05) is 6.92 Å². The third-order valence-electron chi connectivity index (χ3n) is 2.43. The van der Waals surface area contributed by atoms with E-state index in [9.17, 15) is 4.79 Å². The van der Waals surface area contributed by atoms with E-state index in [-0.39, 0.29) is 5.56 Å². The predicted molar refractivity (Wildman–Crippen MR) is 57.4 cm³/mol. The molecule has 2 rings (SSSR count). The van der Waals surface area contributed by atoms with Crippen LogP contribution < -0.4 is 0 Å². The van der Waals surface area contributed by atoms with Gasteiger partial charge in [0, 0.05) is 23.2 Å². The molecule has 0 saturated carbocycles. The Hall–Kier alpha value is -1.55. The van der Waals surface area contributed by atoms with Crippen LogP contribution in [0, 0.1) is 6.92 Å². The van der Waals surface area contributed by atoms with Gasteiger partial charge in [0.2, 0.25) is 0 Å². The van der Waals surface area contributed by atoms with Crippen LogP contribution in [0.2, 0.25) is 5.02 Å². The summed E-state index contributed by atoms with van der Waals surface area (Å²) in [5.74, 6) is -1.01. The lowest BCUT2D eigenvalue weighted by Crippen LogP contribution is -1.98. The van der Waals surface area contributed by atoms with Crippen LogP contribution in [0.4, 0.5) is 0 Å². The molecule has 15 heavy (non-hydrogen) atoms. The molecular formula is C10H9ClN2O2. The van der Waals surface area contributed by atoms with Gasteiger partial charge in [-0.15, -0.1) is 0 Å². The van der Waals surface area contributed by atoms with Crippen molar-refractivity contribution in [2.45, 2.75) is 6.92 Å². The van der Waals surface area contributed by atoms with Crippen molar-refractivity contribution in [3.8, 4) is 0 Å². The minimum Gasteiger partial charge on any atom is -0.478 e. The second-order valence-electron chi connectivity index (χ2n) is 3.36. The molecule has 0 unspecified atom stereocenters. The highest BCUT2D eigenvalue weighted by atomic mass is 35.5. The first-order valence-corrected chi connectivity index (χ1v) is 4.74. The summed E-state index contributed by atoms with van der Waals surface area (Å²) < 4.78 is 1.65. The average molecular weight is 225 g/mol. The van der Waals surface area contributed by atoms with Gasteiger partial charge in [-0.2, -0.15) is 5.10 Å². The number of aromatic carboxylic acids is 1. The van der Waals surface area contributed by atoms with Crippen molar-refractivity contribution in [2.75, 3.05) is 0 Å². The Labute approximate surface area is 91.1 Å². The van der Waals surface area contributed by atoms with Crippen molar-refractivity contribution in [3.05, 3.63) is 28.4 Å². The zero-order valence-electron chi connectivity index (χ0n) is 8.28. The molecule has 1 aromatic carbocycles. The minimum absolute atomic E-state index is 0.140. The van der Waals surface area contributed by atoms with Gasteiger partial charge in [0.25, 0.3) is 0 Å². The molecule has 0 aliphatic carbocycles. The van der Waals surface area contributed by atoms with Crippen LogP contribution in [0.5, 0.6) is 0 Å². The van der Waals surface area contributed by atoms with E-state index < -0.39 is 5.97 Å². The quantitative estimate of drug-likeness (QED) is 0.808. The Morgan fingerprint density at radius 3 is 2.80 bits per heavy atom. The van der Waals surface area contributed by atoms with Crippen molar-refractivity contribution in [1.82, 2.24) is 9.78 Å². The topological polar surface area (TPSA) is 55.1 Å². The zero-order chi connectivity index (χ0) is 11.2. The van der Waals surface area contributed by atoms with E-state index in [1.165, 1.54) is 6.07 Å². The van der Waals surface area contributed by atoms with Gasteiger partial charge < -0.3 is 5.11 Å².